The Bertz CT molecular complexity index is 507. The van der Waals surface area contributed by atoms with Crippen LogP contribution >= 0.6 is 0 Å². The number of carbonyl (C=O) groups is 1. The van der Waals surface area contributed by atoms with Crippen molar-refractivity contribution in [2.24, 2.45) is 5.92 Å². The summed E-state index contributed by atoms with van der Waals surface area (Å²) in [5.41, 5.74) is 1.46. The number of carbonyl (C=O) groups excluding carboxylic acids is 1. The van der Waals surface area contributed by atoms with Gasteiger partial charge in [-0.05, 0) is 44.1 Å². The molecule has 1 rings (SSSR count). The molecule has 5 nitrogen and oxygen atoms in total. The minimum Gasteiger partial charge on any atom is -0.396 e. The van der Waals surface area contributed by atoms with Crippen molar-refractivity contribution in [3.8, 4) is 0 Å². The van der Waals surface area contributed by atoms with Crippen molar-refractivity contribution in [1.29, 1.82) is 0 Å². The molecule has 23 heavy (non-hydrogen) atoms. The van der Waals surface area contributed by atoms with Crippen molar-refractivity contribution in [2.75, 3.05) is 20.7 Å². The summed E-state index contributed by atoms with van der Waals surface area (Å²) in [7, 11) is 3.76. The summed E-state index contributed by atoms with van der Waals surface area (Å²) in [6.45, 7) is 4.87. The fourth-order valence-corrected chi connectivity index (χ4v) is 2.31. The zero-order valence-corrected chi connectivity index (χ0v) is 14.4. The largest absolute Gasteiger partial charge is 0.396 e. The second-order valence-corrected chi connectivity index (χ2v) is 6.35. The molecule has 0 fully saturated rings. The number of nitrogens with one attached hydrogen (secondary N) is 2. The summed E-state index contributed by atoms with van der Waals surface area (Å²) < 4.78 is 13.7. The lowest BCUT2D eigenvalue weighted by atomic mass is 10.0. The highest BCUT2D eigenvalue weighted by molar-refractivity contribution is 5.74. The minimum atomic E-state index is -0.282. The summed E-state index contributed by atoms with van der Waals surface area (Å²) in [5, 5.41) is 14.7. The molecule has 0 radical (unpaired) electrons. The first-order chi connectivity index (χ1) is 10.8. The number of benzene rings is 1. The van der Waals surface area contributed by atoms with Crippen LogP contribution in [0.2, 0.25) is 0 Å². The van der Waals surface area contributed by atoms with Gasteiger partial charge in [-0.15, -0.1) is 0 Å². The van der Waals surface area contributed by atoms with Crippen LogP contribution < -0.4 is 10.6 Å². The third-order valence-electron chi connectivity index (χ3n) is 3.61. The van der Waals surface area contributed by atoms with E-state index in [1.807, 2.05) is 32.8 Å². The highest BCUT2D eigenvalue weighted by Gasteiger charge is 2.15. The average molecular weight is 325 g/mol. The van der Waals surface area contributed by atoms with Gasteiger partial charge in [0.1, 0.15) is 5.82 Å². The first-order valence-electron chi connectivity index (χ1n) is 7.90. The van der Waals surface area contributed by atoms with E-state index in [-0.39, 0.29) is 30.4 Å². The number of hydrogen-bond donors (Lipinski definition) is 3. The predicted molar refractivity (Wildman–Crippen MR) is 89.5 cm³/mol. The van der Waals surface area contributed by atoms with Gasteiger partial charge in [0.05, 0.1) is 0 Å². The van der Waals surface area contributed by atoms with Gasteiger partial charge in [0, 0.05) is 31.3 Å². The number of halogens is 1. The van der Waals surface area contributed by atoms with Crippen molar-refractivity contribution in [3.05, 3.63) is 35.1 Å². The third kappa shape index (κ3) is 6.97. The van der Waals surface area contributed by atoms with E-state index in [0.29, 0.717) is 25.1 Å². The van der Waals surface area contributed by atoms with Gasteiger partial charge in [0.15, 0.2) is 0 Å². The molecule has 0 saturated carbocycles. The number of amides is 2. The number of aliphatic hydroxyl groups excluding tert-OH is 1. The monoisotopic (exact) mass is 325 g/mol. The summed E-state index contributed by atoms with van der Waals surface area (Å²) in [6.07, 6.45) is 0.522. The Morgan fingerprint density at radius 2 is 2.04 bits per heavy atom. The molecule has 3 N–H and O–H groups in total. The molecule has 1 aromatic carbocycles. The second-order valence-electron chi connectivity index (χ2n) is 6.35. The van der Waals surface area contributed by atoms with E-state index < -0.39 is 0 Å². The van der Waals surface area contributed by atoms with E-state index >= 15 is 0 Å². The quantitative estimate of drug-likeness (QED) is 0.686. The molecule has 0 aliphatic carbocycles. The first-order valence-corrected chi connectivity index (χ1v) is 7.90. The van der Waals surface area contributed by atoms with Crippen LogP contribution in [0.4, 0.5) is 9.18 Å². The van der Waals surface area contributed by atoms with E-state index in [1.54, 1.807) is 12.1 Å². The molecule has 1 unspecified atom stereocenters. The van der Waals surface area contributed by atoms with Crippen molar-refractivity contribution in [1.82, 2.24) is 15.5 Å². The number of rotatable bonds is 8. The summed E-state index contributed by atoms with van der Waals surface area (Å²) in [6, 6.07) is 4.51. The Balaban J connectivity index is 2.58. The van der Waals surface area contributed by atoms with Crippen LogP contribution in [0.3, 0.4) is 0 Å². The molecule has 1 aromatic rings. The highest BCUT2D eigenvalue weighted by Crippen LogP contribution is 2.12. The van der Waals surface area contributed by atoms with Gasteiger partial charge in [-0.2, -0.15) is 0 Å². The molecule has 2 amide bonds. The van der Waals surface area contributed by atoms with E-state index in [1.165, 1.54) is 6.07 Å². The van der Waals surface area contributed by atoms with Crippen LogP contribution in [0.15, 0.2) is 18.2 Å². The van der Waals surface area contributed by atoms with Crippen molar-refractivity contribution in [2.45, 2.75) is 39.4 Å². The van der Waals surface area contributed by atoms with Gasteiger partial charge >= 0.3 is 6.03 Å². The van der Waals surface area contributed by atoms with Crippen LogP contribution in [0.1, 0.15) is 31.4 Å². The maximum absolute atomic E-state index is 13.7. The molecule has 0 bridgehead atoms. The van der Waals surface area contributed by atoms with E-state index in [4.69, 9.17) is 5.11 Å². The fraction of sp³-hybridized carbons (Fsp3) is 0.588. The van der Waals surface area contributed by atoms with Crippen LogP contribution in [0.25, 0.3) is 0 Å². The topological polar surface area (TPSA) is 64.6 Å². The van der Waals surface area contributed by atoms with Gasteiger partial charge in [0.25, 0.3) is 0 Å². The standard InChI is InChI=1S/C17H28FN3O2/c1-12(2)16(7-8-22)20-17(23)19-10-13-5-6-15(18)14(9-13)11-21(3)4/h5-6,9,12,16,22H,7-8,10-11H2,1-4H3,(H2,19,20,23). The van der Waals surface area contributed by atoms with E-state index in [2.05, 4.69) is 10.6 Å². The molecule has 130 valence electrons. The Kier molecular flexibility index (Phi) is 7.98. The van der Waals surface area contributed by atoms with E-state index in [0.717, 1.165) is 5.56 Å². The molecule has 0 aliphatic heterocycles. The van der Waals surface area contributed by atoms with Gasteiger partial charge in [-0.3, -0.25) is 0 Å². The normalized spacial score (nSPS) is 12.5. The molecule has 0 saturated heterocycles. The Labute approximate surface area is 137 Å². The number of hydrogen-bond acceptors (Lipinski definition) is 3. The summed E-state index contributed by atoms with van der Waals surface area (Å²) in [4.78, 5) is 13.8. The smallest absolute Gasteiger partial charge is 0.315 e. The second kappa shape index (κ2) is 9.47. The average Bonchev–Trinajstić information content (AvgIpc) is 2.47. The number of aliphatic hydroxyl groups is 1. The maximum atomic E-state index is 13.7. The van der Waals surface area contributed by atoms with Gasteiger partial charge < -0.3 is 20.6 Å². The summed E-state index contributed by atoms with van der Waals surface area (Å²) in [5.74, 6) is 0.000124. The Morgan fingerprint density at radius 1 is 1.35 bits per heavy atom. The van der Waals surface area contributed by atoms with Crippen molar-refractivity contribution >= 4 is 6.03 Å². The highest BCUT2D eigenvalue weighted by atomic mass is 19.1. The third-order valence-corrected chi connectivity index (χ3v) is 3.61. The number of nitrogens with zero attached hydrogens (tertiary/aromatic N) is 1. The lowest BCUT2D eigenvalue weighted by Gasteiger charge is -2.21. The molecule has 1 atom stereocenters. The zero-order valence-electron chi connectivity index (χ0n) is 14.4. The van der Waals surface area contributed by atoms with E-state index in [9.17, 15) is 9.18 Å². The first kappa shape index (κ1) is 19.4. The zero-order chi connectivity index (χ0) is 17.4. The van der Waals surface area contributed by atoms with Gasteiger partial charge in [-0.25, -0.2) is 9.18 Å². The lowest BCUT2D eigenvalue weighted by molar-refractivity contribution is 0.218. The van der Waals surface area contributed by atoms with Crippen molar-refractivity contribution in [3.63, 3.8) is 0 Å². The molecule has 6 heteroatoms. The molecular formula is C17H28FN3O2. The Morgan fingerprint density at radius 3 is 2.61 bits per heavy atom. The maximum Gasteiger partial charge on any atom is 0.315 e. The van der Waals surface area contributed by atoms with Crippen LogP contribution in [-0.4, -0.2) is 42.8 Å². The summed E-state index contributed by atoms with van der Waals surface area (Å²) >= 11 is 0. The van der Waals surface area contributed by atoms with Gasteiger partial charge in [-0.1, -0.05) is 19.9 Å². The molecule has 0 aromatic heterocycles. The van der Waals surface area contributed by atoms with Crippen LogP contribution in [-0.2, 0) is 13.1 Å². The predicted octanol–water partition coefficient (Wildman–Crippen LogP) is 2.09. The molecular weight excluding hydrogens is 297 g/mol. The lowest BCUT2D eigenvalue weighted by Crippen LogP contribution is -2.44. The molecule has 0 aliphatic rings. The number of urea groups is 1. The van der Waals surface area contributed by atoms with Crippen molar-refractivity contribution < 1.29 is 14.3 Å². The van der Waals surface area contributed by atoms with Gasteiger partial charge in [0.2, 0.25) is 0 Å². The molecule has 0 heterocycles. The fourth-order valence-electron chi connectivity index (χ4n) is 2.31. The van der Waals surface area contributed by atoms with Crippen LogP contribution in [0.5, 0.6) is 0 Å². The Hall–Kier alpha value is -1.66. The van der Waals surface area contributed by atoms with Crippen LogP contribution in [0, 0.1) is 11.7 Å². The minimum absolute atomic E-state index is 0.0367. The SMILES string of the molecule is CC(C)C(CCO)NC(=O)NCc1ccc(F)c(CN(C)C)c1. The molecule has 0 spiro atoms.